The number of nitrogens with zero attached hydrogens (tertiary/aromatic N) is 2. The molecule has 1 aromatic heterocycles. The van der Waals surface area contributed by atoms with E-state index in [0.29, 0.717) is 5.69 Å². The monoisotopic (exact) mass is 268 g/mol. The van der Waals surface area contributed by atoms with Crippen molar-refractivity contribution in [3.05, 3.63) is 24.0 Å². The van der Waals surface area contributed by atoms with Gasteiger partial charge in [0.05, 0.1) is 23.7 Å². The normalized spacial score (nSPS) is 19.1. The molecule has 1 aliphatic rings. The van der Waals surface area contributed by atoms with Crippen LogP contribution in [0.2, 0.25) is 0 Å². The maximum Gasteiger partial charge on any atom is 0.496 e. The lowest BCUT2D eigenvalue weighted by Gasteiger charge is -2.32. The first-order valence-electron chi connectivity index (χ1n) is 6.53. The molecule has 0 bridgehead atoms. The molecule has 1 saturated heterocycles. The average Bonchev–Trinajstić information content (AvgIpc) is 2.60. The van der Waals surface area contributed by atoms with Crippen LogP contribution in [0.4, 0.5) is 0 Å². The van der Waals surface area contributed by atoms with Crippen molar-refractivity contribution in [2.75, 3.05) is 0 Å². The molecule has 4 nitrogen and oxygen atoms in total. The number of hydrogen-bond donors (Lipinski definition) is 0. The summed E-state index contributed by atoms with van der Waals surface area (Å²) in [6, 6.07) is 5.68. The van der Waals surface area contributed by atoms with Crippen LogP contribution in [0.1, 0.15) is 39.8 Å². The second-order valence-electron chi connectivity index (χ2n) is 5.70. The second-order valence-corrected chi connectivity index (χ2v) is 5.70. The highest BCUT2D eigenvalue weighted by atomic mass is 16.7. The Labute approximate surface area is 120 Å². The molecule has 0 amide bonds. The lowest BCUT2D eigenvalue weighted by Crippen LogP contribution is -2.41. The van der Waals surface area contributed by atoms with E-state index in [4.69, 9.17) is 14.6 Å². The van der Waals surface area contributed by atoms with Gasteiger partial charge in [-0.15, -0.1) is 0 Å². The van der Waals surface area contributed by atoms with Crippen molar-refractivity contribution in [3.63, 3.8) is 0 Å². The molecule has 0 saturated carbocycles. The first kappa shape index (κ1) is 14.6. The van der Waals surface area contributed by atoms with Gasteiger partial charge in [-0.05, 0) is 39.7 Å². The van der Waals surface area contributed by atoms with Gasteiger partial charge in [0.25, 0.3) is 0 Å². The van der Waals surface area contributed by atoms with Crippen LogP contribution < -0.4 is 5.46 Å². The van der Waals surface area contributed by atoms with Gasteiger partial charge in [0.15, 0.2) is 0 Å². The molecule has 20 heavy (non-hydrogen) atoms. The summed E-state index contributed by atoms with van der Waals surface area (Å²) in [6.45, 7) is 8.06. The number of hydrogen-bond acceptors (Lipinski definition) is 4. The summed E-state index contributed by atoms with van der Waals surface area (Å²) < 4.78 is 11.9. The maximum atomic E-state index is 8.42. The van der Waals surface area contributed by atoms with E-state index in [1.165, 1.54) is 0 Å². The third-order valence-electron chi connectivity index (χ3n) is 3.70. The molecule has 0 atom stereocenters. The molecule has 1 aliphatic heterocycles. The zero-order chi connectivity index (χ0) is 14.8. The first-order chi connectivity index (χ1) is 9.36. The van der Waals surface area contributed by atoms with Crippen LogP contribution in [0.15, 0.2) is 18.3 Å². The number of nitriles is 1. The van der Waals surface area contributed by atoms with Crippen LogP contribution in [0.25, 0.3) is 0 Å². The van der Waals surface area contributed by atoms with Crippen LogP contribution in [0, 0.1) is 23.2 Å². The quantitative estimate of drug-likeness (QED) is 0.574. The van der Waals surface area contributed by atoms with Crippen molar-refractivity contribution in [3.8, 4) is 17.9 Å². The molecule has 1 fully saturated rings. The lowest BCUT2D eigenvalue weighted by atomic mass is 9.80. The number of rotatable bonds is 1. The van der Waals surface area contributed by atoms with E-state index in [2.05, 4.69) is 16.8 Å². The van der Waals surface area contributed by atoms with Crippen molar-refractivity contribution < 1.29 is 9.31 Å². The molecule has 0 unspecified atom stereocenters. The summed E-state index contributed by atoms with van der Waals surface area (Å²) >= 11 is 0. The molecule has 2 rings (SSSR count). The van der Waals surface area contributed by atoms with Gasteiger partial charge in [-0.3, -0.25) is 0 Å². The van der Waals surface area contributed by atoms with E-state index in [1.54, 1.807) is 6.20 Å². The van der Waals surface area contributed by atoms with E-state index in [-0.39, 0.29) is 17.6 Å². The van der Waals surface area contributed by atoms with E-state index in [0.717, 1.165) is 5.46 Å². The predicted molar refractivity (Wildman–Crippen MR) is 77.1 cm³/mol. The molecule has 0 aromatic carbocycles. The zero-order valence-corrected chi connectivity index (χ0v) is 12.2. The fourth-order valence-electron chi connectivity index (χ4n) is 1.77. The standard InChI is InChI=1S/C15H17BN2O2/c1-14(2)15(3,4)20-16(19-14)12-8-9-13(18-11-12)7-5-6-10-17/h8-9,11H,6H2,1-4H3. The van der Waals surface area contributed by atoms with Gasteiger partial charge in [-0.25, -0.2) is 4.98 Å². The van der Waals surface area contributed by atoms with Gasteiger partial charge >= 0.3 is 7.12 Å². The molecule has 0 N–H and O–H groups in total. The Kier molecular flexibility index (Phi) is 3.86. The van der Waals surface area contributed by atoms with Gasteiger partial charge in [0.2, 0.25) is 0 Å². The van der Waals surface area contributed by atoms with Gasteiger partial charge < -0.3 is 9.31 Å². The van der Waals surface area contributed by atoms with E-state index >= 15 is 0 Å². The van der Waals surface area contributed by atoms with Gasteiger partial charge in [-0.2, -0.15) is 5.26 Å². The highest BCUT2D eigenvalue weighted by molar-refractivity contribution is 6.62. The number of pyridine rings is 1. The Morgan fingerprint density at radius 3 is 2.35 bits per heavy atom. The highest BCUT2D eigenvalue weighted by Gasteiger charge is 2.51. The molecule has 1 aromatic rings. The summed E-state index contributed by atoms with van der Waals surface area (Å²) in [5.41, 5.74) is 0.793. The minimum absolute atomic E-state index is 0.209. The minimum atomic E-state index is -0.409. The SMILES string of the molecule is CC1(C)OB(c2ccc(C#CCC#N)nc2)OC1(C)C. The molecule has 0 radical (unpaired) electrons. The Balaban J connectivity index is 2.13. The molecule has 102 valence electrons. The van der Waals surface area contributed by atoms with E-state index < -0.39 is 7.12 Å². The molecular formula is C15H17BN2O2. The first-order valence-corrected chi connectivity index (χ1v) is 6.53. The molecular weight excluding hydrogens is 251 g/mol. The van der Waals surface area contributed by atoms with Crippen LogP contribution in [-0.4, -0.2) is 23.3 Å². The van der Waals surface area contributed by atoms with Crippen molar-refractivity contribution >= 4 is 12.6 Å². The fourth-order valence-corrected chi connectivity index (χ4v) is 1.77. The summed E-state index contributed by atoms with van der Waals surface area (Å²) in [6.07, 6.45) is 1.92. The van der Waals surface area contributed by atoms with Crippen molar-refractivity contribution in [2.45, 2.75) is 45.3 Å². The largest absolute Gasteiger partial charge is 0.496 e. The summed E-state index contributed by atoms with van der Waals surface area (Å²) in [7, 11) is -0.409. The third kappa shape index (κ3) is 2.85. The van der Waals surface area contributed by atoms with Crippen molar-refractivity contribution in [1.29, 1.82) is 5.26 Å². The molecule has 0 aliphatic carbocycles. The van der Waals surface area contributed by atoms with Crippen molar-refractivity contribution in [1.82, 2.24) is 4.98 Å². The van der Waals surface area contributed by atoms with Crippen LogP contribution in [-0.2, 0) is 9.31 Å². The fraction of sp³-hybridized carbons (Fsp3) is 0.467. The topological polar surface area (TPSA) is 55.1 Å². The maximum absolute atomic E-state index is 8.42. The van der Waals surface area contributed by atoms with Gasteiger partial charge in [0.1, 0.15) is 5.69 Å². The average molecular weight is 268 g/mol. The summed E-state index contributed by atoms with van der Waals surface area (Å²) in [4.78, 5) is 4.25. The van der Waals surface area contributed by atoms with Crippen LogP contribution in [0.3, 0.4) is 0 Å². The molecule has 2 heterocycles. The van der Waals surface area contributed by atoms with Gasteiger partial charge in [-0.1, -0.05) is 12.0 Å². The minimum Gasteiger partial charge on any atom is -0.399 e. The van der Waals surface area contributed by atoms with Crippen molar-refractivity contribution in [2.24, 2.45) is 0 Å². The van der Waals surface area contributed by atoms with Crippen LogP contribution >= 0.6 is 0 Å². The Morgan fingerprint density at radius 1 is 1.20 bits per heavy atom. The van der Waals surface area contributed by atoms with E-state index in [1.807, 2.05) is 45.9 Å². The number of aromatic nitrogens is 1. The van der Waals surface area contributed by atoms with Gasteiger partial charge in [0, 0.05) is 11.7 Å². The van der Waals surface area contributed by atoms with E-state index in [9.17, 15) is 0 Å². The predicted octanol–water partition coefficient (Wildman–Crippen LogP) is 1.65. The zero-order valence-electron chi connectivity index (χ0n) is 12.2. The second kappa shape index (κ2) is 5.29. The highest BCUT2D eigenvalue weighted by Crippen LogP contribution is 2.36. The lowest BCUT2D eigenvalue weighted by molar-refractivity contribution is 0.00578. The molecule has 0 spiro atoms. The Bertz CT molecular complexity index is 575. The summed E-state index contributed by atoms with van der Waals surface area (Å²) in [5.74, 6) is 5.56. The molecule has 5 heteroatoms. The third-order valence-corrected chi connectivity index (χ3v) is 3.70. The van der Waals surface area contributed by atoms with Crippen LogP contribution in [0.5, 0.6) is 0 Å². The summed E-state index contributed by atoms with van der Waals surface area (Å²) in [5, 5.41) is 8.42. The Hall–Kier alpha value is -1.82. The Morgan fingerprint density at radius 2 is 1.85 bits per heavy atom. The smallest absolute Gasteiger partial charge is 0.399 e.